The van der Waals surface area contributed by atoms with Crippen LogP contribution in [0, 0.1) is 0 Å². The molecule has 0 unspecified atom stereocenters. The number of para-hydroxylation sites is 1. The Morgan fingerprint density at radius 1 is 1.00 bits per heavy atom. The average molecular weight is 338 g/mol. The molecule has 25 heavy (non-hydrogen) atoms. The molecule has 1 heterocycles. The molecule has 3 N–H and O–H groups in total. The Hall–Kier alpha value is -3.02. The van der Waals surface area contributed by atoms with Gasteiger partial charge >= 0.3 is 0 Å². The van der Waals surface area contributed by atoms with E-state index < -0.39 is 0 Å². The number of nitrogens with zero attached hydrogens (tertiary/aromatic N) is 2. The predicted molar refractivity (Wildman–Crippen MR) is 100 cm³/mol. The fourth-order valence-corrected chi connectivity index (χ4v) is 2.71. The van der Waals surface area contributed by atoms with E-state index in [1.807, 2.05) is 42.5 Å². The number of aromatic nitrogens is 2. The van der Waals surface area contributed by atoms with E-state index in [2.05, 4.69) is 15.3 Å². The lowest BCUT2D eigenvalue weighted by molar-refractivity contribution is 0.354. The molecule has 0 fully saturated rings. The minimum atomic E-state index is 0.494. The average Bonchev–Trinajstić information content (AvgIpc) is 2.65. The van der Waals surface area contributed by atoms with Gasteiger partial charge in [-0.3, -0.25) is 0 Å². The highest BCUT2D eigenvalue weighted by Gasteiger charge is 2.06. The van der Waals surface area contributed by atoms with Gasteiger partial charge in [-0.25, -0.2) is 4.98 Å². The van der Waals surface area contributed by atoms with Crippen molar-refractivity contribution in [3.05, 3.63) is 48.0 Å². The van der Waals surface area contributed by atoms with Crippen LogP contribution in [0.3, 0.4) is 0 Å². The summed E-state index contributed by atoms with van der Waals surface area (Å²) in [4.78, 5) is 8.81. The third kappa shape index (κ3) is 3.91. The highest BCUT2D eigenvalue weighted by molar-refractivity contribution is 5.88. The lowest BCUT2D eigenvalue weighted by Gasteiger charge is -2.10. The normalized spacial score (nSPS) is 10.6. The van der Waals surface area contributed by atoms with E-state index in [-0.39, 0.29) is 0 Å². The monoisotopic (exact) mass is 338 g/mol. The molecule has 0 aliphatic heterocycles. The van der Waals surface area contributed by atoms with Crippen molar-refractivity contribution < 1.29 is 9.47 Å². The standard InChI is InChI=1S/C19H22N4O2/c1-24-16-10-9-13(12-17(16)25-2)6-5-11-21-19-22-15-8-4-3-7-14(15)18(20)23-19/h3-4,7-10,12H,5-6,11H2,1-2H3,(H3,20,21,22,23). The van der Waals surface area contributed by atoms with E-state index >= 15 is 0 Å². The quantitative estimate of drug-likeness (QED) is 0.643. The van der Waals surface area contributed by atoms with Crippen LogP contribution in [0.2, 0.25) is 0 Å². The molecule has 3 aromatic rings. The maximum absolute atomic E-state index is 5.99. The summed E-state index contributed by atoms with van der Waals surface area (Å²) in [6.45, 7) is 0.756. The topological polar surface area (TPSA) is 82.3 Å². The SMILES string of the molecule is COc1ccc(CCCNc2nc(N)c3ccccc3n2)cc1OC. The lowest BCUT2D eigenvalue weighted by atomic mass is 10.1. The van der Waals surface area contributed by atoms with Crippen LogP contribution in [0.4, 0.5) is 11.8 Å². The molecule has 0 aliphatic carbocycles. The zero-order valence-corrected chi connectivity index (χ0v) is 14.5. The van der Waals surface area contributed by atoms with Crippen LogP contribution in [-0.2, 0) is 6.42 Å². The van der Waals surface area contributed by atoms with Crippen molar-refractivity contribution in [2.24, 2.45) is 0 Å². The van der Waals surface area contributed by atoms with Gasteiger partial charge in [0.1, 0.15) is 5.82 Å². The van der Waals surface area contributed by atoms with E-state index in [4.69, 9.17) is 15.2 Å². The first-order valence-corrected chi connectivity index (χ1v) is 8.18. The second kappa shape index (κ2) is 7.70. The Labute approximate surface area is 147 Å². The number of benzene rings is 2. The molecule has 6 nitrogen and oxygen atoms in total. The summed E-state index contributed by atoms with van der Waals surface area (Å²) in [5, 5.41) is 4.11. The molecule has 6 heteroatoms. The Bertz CT molecular complexity index is 867. The molecule has 2 aromatic carbocycles. The largest absolute Gasteiger partial charge is 0.493 e. The van der Waals surface area contributed by atoms with E-state index in [1.54, 1.807) is 14.2 Å². The van der Waals surface area contributed by atoms with Gasteiger partial charge in [-0.05, 0) is 42.7 Å². The molecule has 0 radical (unpaired) electrons. The Morgan fingerprint density at radius 2 is 1.80 bits per heavy atom. The van der Waals surface area contributed by atoms with Crippen LogP contribution in [0.25, 0.3) is 10.9 Å². The maximum atomic E-state index is 5.99. The second-order valence-electron chi connectivity index (χ2n) is 5.67. The van der Waals surface area contributed by atoms with Gasteiger partial charge in [0, 0.05) is 11.9 Å². The van der Waals surface area contributed by atoms with Gasteiger partial charge in [-0.15, -0.1) is 0 Å². The van der Waals surface area contributed by atoms with Crippen molar-refractivity contribution in [3.8, 4) is 11.5 Å². The van der Waals surface area contributed by atoms with Gasteiger partial charge in [0.05, 0.1) is 19.7 Å². The summed E-state index contributed by atoms with van der Waals surface area (Å²) in [6, 6.07) is 13.7. The summed E-state index contributed by atoms with van der Waals surface area (Å²) in [7, 11) is 3.28. The van der Waals surface area contributed by atoms with Gasteiger partial charge in [-0.2, -0.15) is 4.98 Å². The van der Waals surface area contributed by atoms with Crippen LogP contribution in [0.1, 0.15) is 12.0 Å². The van der Waals surface area contributed by atoms with Crippen molar-refractivity contribution in [3.63, 3.8) is 0 Å². The molecule has 0 aliphatic rings. The summed E-state index contributed by atoms with van der Waals surface area (Å²) < 4.78 is 10.6. The Kier molecular flexibility index (Phi) is 5.18. The third-order valence-electron chi connectivity index (χ3n) is 4.01. The summed E-state index contributed by atoms with van der Waals surface area (Å²) in [6.07, 6.45) is 1.85. The minimum Gasteiger partial charge on any atom is -0.493 e. The molecular formula is C19H22N4O2. The van der Waals surface area contributed by atoms with E-state index in [1.165, 1.54) is 5.56 Å². The molecule has 0 spiro atoms. The number of anilines is 2. The number of rotatable bonds is 7. The van der Waals surface area contributed by atoms with Gasteiger partial charge < -0.3 is 20.5 Å². The van der Waals surface area contributed by atoms with Gasteiger partial charge in [0.2, 0.25) is 5.95 Å². The number of methoxy groups -OCH3 is 2. The van der Waals surface area contributed by atoms with Gasteiger partial charge in [0.15, 0.2) is 11.5 Å². The van der Waals surface area contributed by atoms with E-state index in [9.17, 15) is 0 Å². The predicted octanol–water partition coefficient (Wildman–Crippen LogP) is 3.27. The molecule has 130 valence electrons. The number of hydrogen-bond acceptors (Lipinski definition) is 6. The van der Waals surface area contributed by atoms with E-state index in [0.29, 0.717) is 11.8 Å². The molecule has 1 aromatic heterocycles. The molecule has 0 bridgehead atoms. The fourth-order valence-electron chi connectivity index (χ4n) is 2.71. The second-order valence-corrected chi connectivity index (χ2v) is 5.67. The molecule has 0 saturated heterocycles. The minimum absolute atomic E-state index is 0.494. The smallest absolute Gasteiger partial charge is 0.225 e. The van der Waals surface area contributed by atoms with Crippen molar-refractivity contribution >= 4 is 22.7 Å². The van der Waals surface area contributed by atoms with Crippen molar-refractivity contribution in [1.29, 1.82) is 0 Å². The Balaban J connectivity index is 1.58. The summed E-state index contributed by atoms with van der Waals surface area (Å²) in [5.41, 5.74) is 8.03. The Morgan fingerprint density at radius 3 is 2.60 bits per heavy atom. The molecule has 0 saturated carbocycles. The number of nitrogen functional groups attached to an aromatic ring is 1. The zero-order chi connectivity index (χ0) is 17.6. The van der Waals surface area contributed by atoms with Crippen LogP contribution in [0.5, 0.6) is 11.5 Å². The number of nitrogens with one attached hydrogen (secondary N) is 1. The first kappa shape index (κ1) is 16.8. The van der Waals surface area contributed by atoms with Crippen molar-refractivity contribution in [2.45, 2.75) is 12.8 Å². The van der Waals surface area contributed by atoms with Crippen molar-refractivity contribution in [1.82, 2.24) is 9.97 Å². The maximum Gasteiger partial charge on any atom is 0.225 e. The van der Waals surface area contributed by atoms with Crippen LogP contribution < -0.4 is 20.5 Å². The number of hydrogen-bond donors (Lipinski definition) is 2. The third-order valence-corrected chi connectivity index (χ3v) is 4.01. The van der Waals surface area contributed by atoms with E-state index in [0.717, 1.165) is 41.8 Å². The van der Waals surface area contributed by atoms with Crippen LogP contribution in [0.15, 0.2) is 42.5 Å². The van der Waals surface area contributed by atoms with Gasteiger partial charge in [-0.1, -0.05) is 18.2 Å². The number of fused-ring (bicyclic) bond motifs is 1. The van der Waals surface area contributed by atoms with Crippen molar-refractivity contribution in [2.75, 3.05) is 31.8 Å². The highest BCUT2D eigenvalue weighted by Crippen LogP contribution is 2.28. The molecule has 3 rings (SSSR count). The fraction of sp³-hybridized carbons (Fsp3) is 0.263. The number of aryl methyl sites for hydroxylation is 1. The summed E-state index contributed by atoms with van der Waals surface area (Å²) >= 11 is 0. The van der Waals surface area contributed by atoms with Crippen LogP contribution in [-0.4, -0.2) is 30.7 Å². The van der Waals surface area contributed by atoms with Crippen LogP contribution >= 0.6 is 0 Å². The molecular weight excluding hydrogens is 316 g/mol. The van der Waals surface area contributed by atoms with Gasteiger partial charge in [0.25, 0.3) is 0 Å². The molecule has 0 atom stereocenters. The number of nitrogens with two attached hydrogens (primary N) is 1. The zero-order valence-electron chi connectivity index (χ0n) is 14.5. The first-order chi connectivity index (χ1) is 12.2. The lowest BCUT2D eigenvalue weighted by Crippen LogP contribution is -2.08. The number of ether oxygens (including phenoxy) is 2. The molecule has 0 amide bonds. The summed E-state index contributed by atoms with van der Waals surface area (Å²) in [5.74, 6) is 2.54. The highest BCUT2D eigenvalue weighted by atomic mass is 16.5. The first-order valence-electron chi connectivity index (χ1n) is 8.18.